The van der Waals surface area contributed by atoms with Crippen molar-refractivity contribution in [3.63, 3.8) is 0 Å². The van der Waals surface area contributed by atoms with Crippen LogP contribution in [0.2, 0.25) is 0 Å². The molecule has 2 rings (SSSR count). The smallest absolute Gasteiger partial charge is 0.317 e. The maximum absolute atomic E-state index is 10.8. The third-order valence-corrected chi connectivity index (χ3v) is 4.05. The fourth-order valence-corrected chi connectivity index (χ4v) is 2.77. The van der Waals surface area contributed by atoms with Gasteiger partial charge in [0.05, 0.1) is 18.2 Å². The molecule has 0 saturated carbocycles. The molecular weight excluding hydrogens is 266 g/mol. The van der Waals surface area contributed by atoms with E-state index in [1.165, 1.54) is 5.56 Å². The maximum Gasteiger partial charge on any atom is 0.317 e. The fourth-order valence-electron chi connectivity index (χ4n) is 2.77. The molecule has 5 heteroatoms. The van der Waals surface area contributed by atoms with E-state index in [0.29, 0.717) is 5.56 Å². The van der Waals surface area contributed by atoms with Gasteiger partial charge < -0.3 is 5.11 Å². The van der Waals surface area contributed by atoms with Crippen LogP contribution in [0.25, 0.3) is 0 Å². The van der Waals surface area contributed by atoms with Crippen molar-refractivity contribution in [2.75, 3.05) is 32.7 Å². The first-order valence-electron chi connectivity index (χ1n) is 7.28. The summed E-state index contributed by atoms with van der Waals surface area (Å²) >= 11 is 0. The predicted molar refractivity (Wildman–Crippen MR) is 79.8 cm³/mol. The maximum atomic E-state index is 10.8. The highest BCUT2D eigenvalue weighted by Gasteiger charge is 2.21. The lowest BCUT2D eigenvalue weighted by molar-refractivity contribution is -0.138. The van der Waals surface area contributed by atoms with Crippen LogP contribution in [-0.2, 0) is 4.79 Å². The van der Waals surface area contributed by atoms with Crippen LogP contribution in [0.1, 0.15) is 30.5 Å². The van der Waals surface area contributed by atoms with Crippen molar-refractivity contribution in [1.82, 2.24) is 9.80 Å². The normalized spacial score (nSPS) is 18.7. The van der Waals surface area contributed by atoms with Gasteiger partial charge in [-0.1, -0.05) is 12.1 Å². The van der Waals surface area contributed by atoms with Crippen molar-refractivity contribution in [3.8, 4) is 6.07 Å². The Balaban J connectivity index is 1.97. The molecule has 1 heterocycles. The fraction of sp³-hybridized carbons (Fsp3) is 0.500. The summed E-state index contributed by atoms with van der Waals surface area (Å²) in [5, 5.41) is 17.7. The second-order valence-electron chi connectivity index (χ2n) is 5.47. The lowest BCUT2D eigenvalue weighted by atomic mass is 10.0. The monoisotopic (exact) mass is 287 g/mol. The minimum atomic E-state index is -0.761. The number of aliphatic carboxylic acids is 1. The first-order valence-corrected chi connectivity index (χ1v) is 7.28. The average Bonchev–Trinajstić information content (AvgIpc) is 2.71. The first-order chi connectivity index (χ1) is 10.1. The standard InChI is InChI=1S/C16H21N3O2/c1-13(15-5-3-14(11-17)4-6-15)19-8-2-7-18(9-10-19)12-16(20)21/h3-6,13H,2,7-10,12H2,1H3,(H,20,21). The van der Waals surface area contributed by atoms with Crippen LogP contribution >= 0.6 is 0 Å². The Bertz CT molecular complexity index is 521. The van der Waals surface area contributed by atoms with Gasteiger partial charge in [-0.25, -0.2) is 0 Å². The second kappa shape index (κ2) is 7.21. The quantitative estimate of drug-likeness (QED) is 0.913. The van der Waals surface area contributed by atoms with Crippen LogP contribution in [-0.4, -0.2) is 53.6 Å². The van der Waals surface area contributed by atoms with E-state index in [-0.39, 0.29) is 12.6 Å². The Morgan fingerprint density at radius 1 is 1.29 bits per heavy atom. The molecule has 21 heavy (non-hydrogen) atoms. The Labute approximate surface area is 125 Å². The summed E-state index contributed by atoms with van der Waals surface area (Å²) in [7, 11) is 0. The van der Waals surface area contributed by atoms with E-state index >= 15 is 0 Å². The van der Waals surface area contributed by atoms with Gasteiger partial charge in [-0.3, -0.25) is 14.6 Å². The predicted octanol–water partition coefficient (Wildman–Crippen LogP) is 1.71. The van der Waals surface area contributed by atoms with Gasteiger partial charge in [-0.2, -0.15) is 5.26 Å². The lowest BCUT2D eigenvalue weighted by Crippen LogP contribution is -2.35. The molecule has 1 aliphatic heterocycles. The highest BCUT2D eigenvalue weighted by molar-refractivity contribution is 5.69. The Kier molecular flexibility index (Phi) is 5.32. The molecule has 1 atom stereocenters. The van der Waals surface area contributed by atoms with Crippen molar-refractivity contribution in [2.24, 2.45) is 0 Å². The number of carbonyl (C=O) groups is 1. The zero-order valence-corrected chi connectivity index (χ0v) is 12.3. The van der Waals surface area contributed by atoms with Gasteiger partial charge in [-0.05, 0) is 31.0 Å². The van der Waals surface area contributed by atoms with Crippen molar-refractivity contribution < 1.29 is 9.90 Å². The van der Waals surface area contributed by atoms with Crippen molar-refractivity contribution in [2.45, 2.75) is 19.4 Å². The summed E-state index contributed by atoms with van der Waals surface area (Å²) in [5.41, 5.74) is 1.87. The minimum absolute atomic E-state index is 0.124. The molecule has 1 N–H and O–H groups in total. The van der Waals surface area contributed by atoms with Crippen LogP contribution in [0.15, 0.2) is 24.3 Å². The number of carboxylic acid groups (broad SMARTS) is 1. The van der Waals surface area contributed by atoms with Crippen molar-refractivity contribution in [3.05, 3.63) is 35.4 Å². The summed E-state index contributed by atoms with van der Waals surface area (Å²) < 4.78 is 0. The molecule has 0 spiro atoms. The van der Waals surface area contributed by atoms with Crippen molar-refractivity contribution in [1.29, 1.82) is 5.26 Å². The highest BCUT2D eigenvalue weighted by Crippen LogP contribution is 2.22. The molecule has 112 valence electrons. The molecule has 1 aromatic rings. The zero-order chi connectivity index (χ0) is 15.2. The summed E-state index contributed by atoms with van der Waals surface area (Å²) in [6.45, 7) is 5.74. The van der Waals surface area contributed by atoms with E-state index in [1.54, 1.807) is 0 Å². The number of benzene rings is 1. The first kappa shape index (κ1) is 15.5. The van der Waals surface area contributed by atoms with Gasteiger partial charge in [0, 0.05) is 32.2 Å². The Morgan fingerprint density at radius 3 is 2.62 bits per heavy atom. The number of hydrogen-bond donors (Lipinski definition) is 1. The van der Waals surface area contributed by atoms with E-state index in [9.17, 15) is 4.79 Å². The van der Waals surface area contributed by atoms with Crippen LogP contribution in [0.4, 0.5) is 0 Å². The van der Waals surface area contributed by atoms with E-state index in [1.807, 2.05) is 29.2 Å². The molecule has 1 unspecified atom stereocenters. The Hall–Kier alpha value is -1.90. The molecule has 0 aliphatic carbocycles. The molecular formula is C16H21N3O2. The number of nitriles is 1. The largest absolute Gasteiger partial charge is 0.480 e. The van der Waals surface area contributed by atoms with Crippen LogP contribution in [0, 0.1) is 11.3 Å². The second-order valence-corrected chi connectivity index (χ2v) is 5.47. The molecule has 0 aromatic heterocycles. The van der Waals surface area contributed by atoms with Gasteiger partial charge in [0.1, 0.15) is 0 Å². The lowest BCUT2D eigenvalue weighted by Gasteiger charge is -2.28. The van der Waals surface area contributed by atoms with Crippen LogP contribution in [0.3, 0.4) is 0 Å². The number of rotatable bonds is 4. The van der Waals surface area contributed by atoms with E-state index in [4.69, 9.17) is 10.4 Å². The molecule has 0 bridgehead atoms. The molecule has 1 aliphatic rings. The van der Waals surface area contributed by atoms with E-state index in [0.717, 1.165) is 32.6 Å². The number of carboxylic acids is 1. The van der Waals surface area contributed by atoms with E-state index < -0.39 is 5.97 Å². The van der Waals surface area contributed by atoms with Gasteiger partial charge in [0.15, 0.2) is 0 Å². The van der Waals surface area contributed by atoms with Gasteiger partial charge in [0.2, 0.25) is 0 Å². The molecule has 1 fully saturated rings. The van der Waals surface area contributed by atoms with Gasteiger partial charge >= 0.3 is 5.97 Å². The Morgan fingerprint density at radius 2 is 2.00 bits per heavy atom. The SMILES string of the molecule is CC(c1ccc(C#N)cc1)N1CCCN(CC(=O)O)CC1. The van der Waals surface area contributed by atoms with E-state index in [2.05, 4.69) is 17.9 Å². The molecule has 0 radical (unpaired) electrons. The van der Waals surface area contributed by atoms with Crippen LogP contribution < -0.4 is 0 Å². The summed E-state index contributed by atoms with van der Waals surface area (Å²) in [6, 6.07) is 10.1. The minimum Gasteiger partial charge on any atom is -0.480 e. The summed E-state index contributed by atoms with van der Waals surface area (Å²) in [5.74, 6) is -0.761. The third kappa shape index (κ3) is 4.28. The molecule has 5 nitrogen and oxygen atoms in total. The number of hydrogen-bond acceptors (Lipinski definition) is 4. The summed E-state index contributed by atoms with van der Waals surface area (Å²) in [6.07, 6.45) is 0.980. The topological polar surface area (TPSA) is 67.6 Å². The molecule has 0 amide bonds. The average molecular weight is 287 g/mol. The van der Waals surface area contributed by atoms with Crippen molar-refractivity contribution >= 4 is 5.97 Å². The summed E-state index contributed by atoms with van der Waals surface area (Å²) in [4.78, 5) is 15.2. The van der Waals surface area contributed by atoms with Gasteiger partial charge in [-0.15, -0.1) is 0 Å². The number of nitrogens with zero attached hydrogens (tertiary/aromatic N) is 3. The third-order valence-electron chi connectivity index (χ3n) is 4.05. The molecule has 1 saturated heterocycles. The zero-order valence-electron chi connectivity index (χ0n) is 12.3. The highest BCUT2D eigenvalue weighted by atomic mass is 16.4. The van der Waals surface area contributed by atoms with Crippen LogP contribution in [0.5, 0.6) is 0 Å². The van der Waals surface area contributed by atoms with Gasteiger partial charge in [0.25, 0.3) is 0 Å². The molecule has 1 aromatic carbocycles.